The second kappa shape index (κ2) is 9.42. The van der Waals surface area contributed by atoms with Gasteiger partial charge in [0.25, 0.3) is 10.0 Å². The van der Waals surface area contributed by atoms with Crippen LogP contribution in [0.15, 0.2) is 144 Å². The lowest BCUT2D eigenvalue weighted by Crippen LogP contribution is -2.17. The minimum atomic E-state index is -3.82. The SMILES string of the molecule is O=S1(=O)c2ccccc2-c2cc(-c3ccc4sc5ccccc5c4c3)cc3c4cc(-c5ccc6sc7ccccc7c6c5)ccc4n1c23. The summed E-state index contributed by atoms with van der Waals surface area (Å²) < 4.78 is 35.3. The summed E-state index contributed by atoms with van der Waals surface area (Å²) in [6.07, 6.45) is 0. The van der Waals surface area contributed by atoms with Gasteiger partial charge in [0.2, 0.25) is 0 Å². The average Bonchev–Trinajstić information content (AvgIpc) is 3.80. The fourth-order valence-electron chi connectivity index (χ4n) is 7.73. The highest BCUT2D eigenvalue weighted by Gasteiger charge is 2.33. The van der Waals surface area contributed by atoms with Crippen molar-refractivity contribution in [3.63, 3.8) is 0 Å². The minimum absolute atomic E-state index is 0.339. The molecule has 0 spiro atoms. The van der Waals surface area contributed by atoms with Gasteiger partial charge in [-0.3, -0.25) is 0 Å². The summed E-state index contributed by atoms with van der Waals surface area (Å²) in [6, 6.07) is 48.5. The van der Waals surface area contributed by atoms with Crippen LogP contribution in [0, 0.1) is 0 Å². The summed E-state index contributed by atoms with van der Waals surface area (Å²) in [7, 11) is -3.82. The number of thiophene rings is 2. The Morgan fingerprint density at radius 2 is 0.938 bits per heavy atom. The Kier molecular flexibility index (Phi) is 5.25. The first-order chi connectivity index (χ1) is 23.5. The molecule has 0 fully saturated rings. The van der Waals surface area contributed by atoms with Gasteiger partial charge in [0.1, 0.15) is 0 Å². The number of nitrogens with zero attached hydrogens (tertiary/aromatic N) is 1. The molecule has 226 valence electrons. The van der Waals surface area contributed by atoms with Gasteiger partial charge in [0.15, 0.2) is 0 Å². The monoisotopic (exact) mass is 669 g/mol. The minimum Gasteiger partial charge on any atom is -0.233 e. The van der Waals surface area contributed by atoms with Gasteiger partial charge in [-0.25, -0.2) is 12.4 Å². The second-order valence-corrected chi connectivity index (χ2v) is 16.5. The molecule has 0 saturated heterocycles. The van der Waals surface area contributed by atoms with Crippen molar-refractivity contribution in [1.29, 1.82) is 0 Å². The van der Waals surface area contributed by atoms with Gasteiger partial charge < -0.3 is 0 Å². The van der Waals surface area contributed by atoms with Crippen LogP contribution >= 0.6 is 22.7 Å². The molecule has 3 nitrogen and oxygen atoms in total. The molecule has 11 rings (SSSR count). The zero-order valence-electron chi connectivity index (χ0n) is 25.3. The number of hydrogen-bond acceptors (Lipinski definition) is 4. The van der Waals surface area contributed by atoms with Gasteiger partial charge in [0, 0.05) is 62.2 Å². The van der Waals surface area contributed by atoms with Gasteiger partial charge in [-0.15, -0.1) is 22.7 Å². The van der Waals surface area contributed by atoms with E-state index < -0.39 is 10.0 Å². The molecule has 0 N–H and O–H groups in total. The zero-order valence-corrected chi connectivity index (χ0v) is 27.7. The molecule has 10 aromatic rings. The number of hydrogen-bond donors (Lipinski definition) is 0. The van der Waals surface area contributed by atoms with E-state index in [0.717, 1.165) is 49.7 Å². The van der Waals surface area contributed by atoms with E-state index in [0.29, 0.717) is 10.4 Å². The van der Waals surface area contributed by atoms with Crippen LogP contribution in [-0.4, -0.2) is 12.4 Å². The molecule has 0 atom stereocenters. The van der Waals surface area contributed by atoms with Crippen LogP contribution in [0.4, 0.5) is 0 Å². The molecule has 1 aliphatic heterocycles. The lowest BCUT2D eigenvalue weighted by molar-refractivity contribution is 0.590. The van der Waals surface area contributed by atoms with E-state index >= 15 is 0 Å². The molecular formula is C42H23NO2S3. The summed E-state index contributed by atoms with van der Waals surface area (Å²) in [6.45, 7) is 0. The van der Waals surface area contributed by atoms with Crippen LogP contribution < -0.4 is 0 Å². The Bertz CT molecular complexity index is 3140. The van der Waals surface area contributed by atoms with E-state index in [1.807, 2.05) is 46.9 Å². The van der Waals surface area contributed by atoms with Crippen molar-refractivity contribution < 1.29 is 8.42 Å². The van der Waals surface area contributed by atoms with Crippen LogP contribution in [-0.2, 0) is 10.0 Å². The largest absolute Gasteiger partial charge is 0.269 e. The van der Waals surface area contributed by atoms with Crippen molar-refractivity contribution >= 4 is 94.8 Å². The molecule has 7 aromatic carbocycles. The molecule has 0 bridgehead atoms. The van der Waals surface area contributed by atoms with E-state index in [-0.39, 0.29) is 0 Å². The van der Waals surface area contributed by atoms with Gasteiger partial charge in [0.05, 0.1) is 15.9 Å². The molecule has 4 heterocycles. The first kappa shape index (κ1) is 26.8. The van der Waals surface area contributed by atoms with Crippen LogP contribution in [0.25, 0.3) is 95.5 Å². The third-order valence-corrected chi connectivity index (χ3v) is 14.0. The van der Waals surface area contributed by atoms with Gasteiger partial charge in [-0.05, 0) is 89.0 Å². The van der Waals surface area contributed by atoms with E-state index in [1.54, 1.807) is 10.0 Å². The fourth-order valence-corrected chi connectivity index (χ4v) is 11.7. The highest BCUT2D eigenvalue weighted by atomic mass is 32.2. The number of aromatic nitrogens is 1. The molecule has 1 aliphatic rings. The van der Waals surface area contributed by atoms with E-state index in [1.165, 1.54) is 40.3 Å². The van der Waals surface area contributed by atoms with Crippen molar-refractivity contribution in [2.45, 2.75) is 4.90 Å². The third kappa shape index (κ3) is 3.54. The van der Waals surface area contributed by atoms with Gasteiger partial charge in [-0.1, -0.05) is 72.8 Å². The Labute approximate surface area is 283 Å². The van der Waals surface area contributed by atoms with Crippen LogP contribution in [0.5, 0.6) is 0 Å². The Morgan fingerprint density at radius 3 is 1.62 bits per heavy atom. The summed E-state index contributed by atoms with van der Waals surface area (Å²) in [5, 5.41) is 6.87. The van der Waals surface area contributed by atoms with E-state index in [9.17, 15) is 8.42 Å². The average molecular weight is 670 g/mol. The van der Waals surface area contributed by atoms with E-state index in [2.05, 4.69) is 109 Å². The van der Waals surface area contributed by atoms with Crippen molar-refractivity contribution in [3.8, 4) is 33.4 Å². The Balaban J connectivity index is 1.21. The summed E-state index contributed by atoms with van der Waals surface area (Å²) >= 11 is 3.62. The normalized spacial score (nSPS) is 13.8. The second-order valence-electron chi connectivity index (χ2n) is 12.5. The summed E-state index contributed by atoms with van der Waals surface area (Å²) in [5.74, 6) is 0. The summed E-state index contributed by atoms with van der Waals surface area (Å²) in [4.78, 5) is 0.339. The first-order valence-corrected chi connectivity index (χ1v) is 18.9. The molecular weight excluding hydrogens is 647 g/mol. The highest BCUT2D eigenvalue weighted by Crippen LogP contribution is 2.48. The van der Waals surface area contributed by atoms with Crippen molar-refractivity contribution in [2.75, 3.05) is 0 Å². The van der Waals surface area contributed by atoms with Crippen molar-refractivity contribution in [1.82, 2.24) is 3.97 Å². The molecule has 0 saturated carbocycles. The van der Waals surface area contributed by atoms with Gasteiger partial charge >= 0.3 is 0 Å². The predicted molar refractivity (Wildman–Crippen MR) is 204 cm³/mol. The highest BCUT2D eigenvalue weighted by molar-refractivity contribution is 7.90. The standard InChI is InChI=1S/C42H23NO2S3/c44-48(45)41-12-6-3-9-30(41)34-22-27(26-15-18-40-33(21-26)29-8-2-5-11-38(29)47-40)23-35-31-19-24(13-16-36(31)43(48)42(34)35)25-14-17-39-32(20-25)28-7-1-4-10-37(28)46-39/h1-23H. The number of rotatable bonds is 2. The number of fused-ring (bicyclic) bond motifs is 11. The van der Waals surface area contributed by atoms with Crippen molar-refractivity contribution in [3.05, 3.63) is 140 Å². The van der Waals surface area contributed by atoms with E-state index in [4.69, 9.17) is 0 Å². The molecule has 48 heavy (non-hydrogen) atoms. The maximum atomic E-state index is 14.3. The van der Waals surface area contributed by atoms with Crippen LogP contribution in [0.2, 0.25) is 0 Å². The fraction of sp³-hybridized carbons (Fsp3) is 0. The molecule has 0 radical (unpaired) electrons. The first-order valence-electron chi connectivity index (χ1n) is 15.8. The predicted octanol–water partition coefficient (Wildman–Crippen LogP) is 12.1. The molecule has 3 aromatic heterocycles. The number of benzene rings is 7. The molecule has 0 unspecified atom stereocenters. The Hall–Kier alpha value is -5.27. The third-order valence-electron chi connectivity index (χ3n) is 9.93. The Morgan fingerprint density at radius 1 is 0.417 bits per heavy atom. The molecule has 0 aliphatic carbocycles. The maximum Gasteiger partial charge on any atom is 0.269 e. The maximum absolute atomic E-state index is 14.3. The van der Waals surface area contributed by atoms with Gasteiger partial charge in [-0.2, -0.15) is 0 Å². The lowest BCUT2D eigenvalue weighted by Gasteiger charge is -2.21. The van der Waals surface area contributed by atoms with Crippen molar-refractivity contribution in [2.24, 2.45) is 0 Å². The quantitative estimate of drug-likeness (QED) is 0.184. The lowest BCUT2D eigenvalue weighted by atomic mass is 9.94. The molecule has 0 amide bonds. The van der Waals surface area contributed by atoms with Crippen LogP contribution in [0.3, 0.4) is 0 Å². The zero-order chi connectivity index (χ0) is 31.7. The molecule has 6 heteroatoms. The smallest absolute Gasteiger partial charge is 0.233 e. The summed E-state index contributed by atoms with van der Waals surface area (Å²) in [5.41, 5.74) is 7.48. The van der Waals surface area contributed by atoms with Crippen LogP contribution in [0.1, 0.15) is 0 Å². The topological polar surface area (TPSA) is 39.1 Å².